The van der Waals surface area contributed by atoms with Crippen molar-refractivity contribution in [3.8, 4) is 0 Å². The summed E-state index contributed by atoms with van der Waals surface area (Å²) in [4.78, 5) is 0. The number of nitrogens with one attached hydrogen (secondary N) is 1. The lowest BCUT2D eigenvalue weighted by molar-refractivity contribution is 0.275. The van der Waals surface area contributed by atoms with E-state index in [1.807, 2.05) is 18.7 Å². The number of aryl methyl sites for hydroxylation is 2. The predicted octanol–water partition coefficient (Wildman–Crippen LogP) is 3.03. The summed E-state index contributed by atoms with van der Waals surface area (Å²) in [5.74, 6) is 1.92. The van der Waals surface area contributed by atoms with Gasteiger partial charge in [-0.15, -0.1) is 0 Å². The molecule has 0 saturated heterocycles. The lowest BCUT2D eigenvalue weighted by atomic mass is 9.81. The van der Waals surface area contributed by atoms with Gasteiger partial charge in [0, 0.05) is 13.6 Å². The fraction of sp³-hybridized carbons (Fsp3) is 0.800. The maximum Gasteiger partial charge on any atom is 0.0597 e. The van der Waals surface area contributed by atoms with Crippen LogP contribution in [0.15, 0.2) is 6.07 Å². The Labute approximate surface area is 111 Å². The molecule has 0 atom stereocenters. The molecular weight excluding hydrogens is 222 g/mol. The highest BCUT2D eigenvalue weighted by Crippen LogP contribution is 2.29. The molecule has 2 rings (SSSR count). The normalized spacial score (nSPS) is 24.4. The second kappa shape index (κ2) is 6.37. The van der Waals surface area contributed by atoms with Crippen LogP contribution in [0.5, 0.6) is 0 Å². The molecule has 0 spiro atoms. The fourth-order valence-corrected chi connectivity index (χ4v) is 2.97. The van der Waals surface area contributed by atoms with E-state index in [1.54, 1.807) is 0 Å². The third kappa shape index (κ3) is 3.84. The van der Waals surface area contributed by atoms with Crippen molar-refractivity contribution >= 4 is 0 Å². The molecule has 18 heavy (non-hydrogen) atoms. The third-order valence-corrected chi connectivity index (χ3v) is 4.27. The summed E-state index contributed by atoms with van der Waals surface area (Å²) in [6, 6.07) is 2.16. The summed E-state index contributed by atoms with van der Waals surface area (Å²) in [7, 11) is 2.02. The van der Waals surface area contributed by atoms with Crippen LogP contribution in [0.4, 0.5) is 0 Å². The number of hydrogen-bond donors (Lipinski definition) is 1. The molecule has 1 heterocycles. The fourth-order valence-electron chi connectivity index (χ4n) is 2.97. The molecule has 1 aliphatic carbocycles. The maximum absolute atomic E-state index is 4.36. The average molecular weight is 249 g/mol. The summed E-state index contributed by atoms with van der Waals surface area (Å²) >= 11 is 0. The molecule has 102 valence electrons. The highest BCUT2D eigenvalue weighted by Gasteiger charge is 2.17. The number of aromatic nitrogens is 2. The smallest absolute Gasteiger partial charge is 0.0597 e. The molecule has 1 aromatic heterocycles. The zero-order chi connectivity index (χ0) is 13.0. The van der Waals surface area contributed by atoms with Crippen LogP contribution in [0.1, 0.15) is 50.4 Å². The Balaban J connectivity index is 1.63. The number of rotatable bonds is 5. The van der Waals surface area contributed by atoms with Crippen molar-refractivity contribution in [2.24, 2.45) is 18.9 Å². The lowest BCUT2D eigenvalue weighted by Gasteiger charge is -2.26. The predicted molar refractivity (Wildman–Crippen MR) is 75.4 cm³/mol. The van der Waals surface area contributed by atoms with Crippen LogP contribution in [0.25, 0.3) is 0 Å². The van der Waals surface area contributed by atoms with Crippen LogP contribution in [0, 0.1) is 18.8 Å². The molecule has 1 N–H and O–H groups in total. The van der Waals surface area contributed by atoms with E-state index in [4.69, 9.17) is 0 Å². The Morgan fingerprint density at radius 2 is 2.06 bits per heavy atom. The standard InChI is InChI=1S/C15H27N3/c1-12-4-6-14(7-5-12)8-9-16-11-15-10-13(2)17-18(15)3/h10,12,14,16H,4-9,11H2,1-3H3. The molecule has 0 amide bonds. The molecule has 1 fully saturated rings. The van der Waals surface area contributed by atoms with Crippen LogP contribution in [-0.2, 0) is 13.6 Å². The molecule has 0 aliphatic heterocycles. The van der Waals surface area contributed by atoms with Gasteiger partial charge >= 0.3 is 0 Å². The third-order valence-electron chi connectivity index (χ3n) is 4.27. The Morgan fingerprint density at radius 1 is 1.33 bits per heavy atom. The van der Waals surface area contributed by atoms with E-state index in [-0.39, 0.29) is 0 Å². The van der Waals surface area contributed by atoms with Crippen LogP contribution >= 0.6 is 0 Å². The zero-order valence-electron chi connectivity index (χ0n) is 12.1. The lowest BCUT2D eigenvalue weighted by Crippen LogP contribution is -2.21. The van der Waals surface area contributed by atoms with Crippen molar-refractivity contribution in [2.75, 3.05) is 6.54 Å². The van der Waals surface area contributed by atoms with Crippen molar-refractivity contribution in [2.45, 2.75) is 52.5 Å². The van der Waals surface area contributed by atoms with Crippen LogP contribution in [0.2, 0.25) is 0 Å². The van der Waals surface area contributed by atoms with E-state index in [9.17, 15) is 0 Å². The molecule has 1 aliphatic rings. The van der Waals surface area contributed by atoms with E-state index >= 15 is 0 Å². The minimum atomic E-state index is 0.945. The summed E-state index contributed by atoms with van der Waals surface area (Å²) in [6.07, 6.45) is 7.09. The number of hydrogen-bond acceptors (Lipinski definition) is 2. The Morgan fingerprint density at radius 3 is 2.67 bits per heavy atom. The topological polar surface area (TPSA) is 29.9 Å². The van der Waals surface area contributed by atoms with Gasteiger partial charge in [-0.05, 0) is 37.8 Å². The Hall–Kier alpha value is -0.830. The molecule has 3 heteroatoms. The van der Waals surface area contributed by atoms with Gasteiger partial charge in [0.15, 0.2) is 0 Å². The first kappa shape index (κ1) is 13.6. The highest BCUT2D eigenvalue weighted by molar-refractivity contribution is 5.08. The van der Waals surface area contributed by atoms with Crippen molar-refractivity contribution in [3.63, 3.8) is 0 Å². The van der Waals surface area contributed by atoms with E-state index in [2.05, 4.69) is 23.4 Å². The molecule has 0 bridgehead atoms. The van der Waals surface area contributed by atoms with Crippen LogP contribution in [0.3, 0.4) is 0 Å². The first-order valence-corrected chi connectivity index (χ1v) is 7.35. The van der Waals surface area contributed by atoms with Crippen molar-refractivity contribution < 1.29 is 0 Å². The van der Waals surface area contributed by atoms with Gasteiger partial charge in [0.1, 0.15) is 0 Å². The largest absolute Gasteiger partial charge is 0.311 e. The van der Waals surface area contributed by atoms with Gasteiger partial charge in [0.05, 0.1) is 11.4 Å². The van der Waals surface area contributed by atoms with E-state index < -0.39 is 0 Å². The first-order chi connectivity index (χ1) is 8.65. The van der Waals surface area contributed by atoms with Gasteiger partial charge in [-0.1, -0.05) is 32.6 Å². The summed E-state index contributed by atoms with van der Waals surface area (Å²) in [5.41, 5.74) is 2.39. The SMILES string of the molecule is Cc1cc(CNCCC2CCC(C)CC2)n(C)n1. The van der Waals surface area contributed by atoms with Crippen molar-refractivity contribution in [3.05, 3.63) is 17.5 Å². The number of nitrogens with zero attached hydrogens (tertiary/aromatic N) is 2. The van der Waals surface area contributed by atoms with Gasteiger partial charge < -0.3 is 5.32 Å². The summed E-state index contributed by atoms with van der Waals surface area (Å²) < 4.78 is 1.98. The molecule has 0 radical (unpaired) electrons. The van der Waals surface area contributed by atoms with Gasteiger partial charge in [-0.25, -0.2) is 0 Å². The van der Waals surface area contributed by atoms with E-state index in [1.165, 1.54) is 37.8 Å². The van der Waals surface area contributed by atoms with Gasteiger partial charge in [-0.3, -0.25) is 4.68 Å². The Bertz CT molecular complexity index is 362. The highest BCUT2D eigenvalue weighted by atomic mass is 15.3. The second-order valence-corrected chi connectivity index (χ2v) is 5.99. The zero-order valence-corrected chi connectivity index (χ0v) is 12.1. The summed E-state index contributed by atoms with van der Waals surface area (Å²) in [5, 5.41) is 7.92. The van der Waals surface area contributed by atoms with Crippen molar-refractivity contribution in [1.82, 2.24) is 15.1 Å². The molecule has 3 nitrogen and oxygen atoms in total. The van der Waals surface area contributed by atoms with Gasteiger partial charge in [-0.2, -0.15) is 5.10 Å². The molecule has 1 aromatic rings. The Kier molecular flexibility index (Phi) is 4.81. The van der Waals surface area contributed by atoms with Crippen LogP contribution in [-0.4, -0.2) is 16.3 Å². The van der Waals surface area contributed by atoms with Crippen molar-refractivity contribution in [1.29, 1.82) is 0 Å². The van der Waals surface area contributed by atoms with Crippen LogP contribution < -0.4 is 5.32 Å². The monoisotopic (exact) mass is 249 g/mol. The summed E-state index contributed by atoms with van der Waals surface area (Å²) in [6.45, 7) is 6.52. The second-order valence-electron chi connectivity index (χ2n) is 5.99. The molecule has 0 aromatic carbocycles. The van der Waals surface area contributed by atoms with Gasteiger partial charge in [0.25, 0.3) is 0 Å². The van der Waals surface area contributed by atoms with Gasteiger partial charge in [0.2, 0.25) is 0 Å². The molecule has 1 saturated carbocycles. The maximum atomic E-state index is 4.36. The first-order valence-electron chi connectivity index (χ1n) is 7.35. The average Bonchev–Trinajstić information content (AvgIpc) is 2.66. The molecular formula is C15H27N3. The molecule has 0 unspecified atom stereocenters. The van der Waals surface area contributed by atoms with E-state index in [0.29, 0.717) is 0 Å². The minimum Gasteiger partial charge on any atom is -0.311 e. The minimum absolute atomic E-state index is 0.945. The quantitative estimate of drug-likeness (QED) is 0.813. The van der Waals surface area contributed by atoms with E-state index in [0.717, 1.165) is 30.6 Å².